The molecule has 70 valence electrons. The molecule has 0 saturated carbocycles. The zero-order chi connectivity index (χ0) is 9.19. The molecule has 3 heteroatoms. The van der Waals surface area contributed by atoms with Crippen LogP contribution >= 0.6 is 11.8 Å². The summed E-state index contributed by atoms with van der Waals surface area (Å²) in [5.41, 5.74) is 0.179. The third-order valence-electron chi connectivity index (χ3n) is 3.01. The van der Waals surface area contributed by atoms with E-state index in [1.165, 1.54) is 6.42 Å². The molecule has 1 aliphatic rings. The van der Waals surface area contributed by atoms with Crippen molar-refractivity contribution in [3.05, 3.63) is 0 Å². The lowest BCUT2D eigenvalue weighted by atomic mass is 9.85. The molecule has 0 aromatic rings. The standard InChI is InChI=1S/C9H19BOS/c1-4-9(6-12-3)7(2)5-8(10)11-9/h7-8H,4-6,10H2,1-3H3. The Morgan fingerprint density at radius 1 is 1.67 bits per heavy atom. The Bertz CT molecular complexity index is 153. The minimum Gasteiger partial charge on any atom is -0.380 e. The maximum atomic E-state index is 6.03. The molecule has 1 saturated heterocycles. The van der Waals surface area contributed by atoms with Crippen LogP contribution in [0.1, 0.15) is 26.7 Å². The fourth-order valence-electron chi connectivity index (χ4n) is 2.23. The lowest BCUT2D eigenvalue weighted by molar-refractivity contribution is -0.0143. The highest BCUT2D eigenvalue weighted by molar-refractivity contribution is 7.98. The van der Waals surface area contributed by atoms with Crippen LogP contribution in [0.3, 0.4) is 0 Å². The van der Waals surface area contributed by atoms with Crippen molar-refractivity contribution in [1.29, 1.82) is 0 Å². The Kier molecular flexibility index (Phi) is 3.53. The van der Waals surface area contributed by atoms with E-state index in [9.17, 15) is 0 Å². The fraction of sp³-hybridized carbons (Fsp3) is 1.00. The van der Waals surface area contributed by atoms with Gasteiger partial charge < -0.3 is 4.74 Å². The molecule has 3 unspecified atom stereocenters. The minimum atomic E-state index is 0.179. The molecule has 1 aliphatic heterocycles. The molecule has 3 atom stereocenters. The van der Waals surface area contributed by atoms with Crippen LogP contribution in [0, 0.1) is 5.92 Å². The number of hydrogen-bond acceptors (Lipinski definition) is 2. The van der Waals surface area contributed by atoms with E-state index in [-0.39, 0.29) is 5.60 Å². The summed E-state index contributed by atoms with van der Waals surface area (Å²) >= 11 is 1.90. The molecule has 0 bridgehead atoms. The summed E-state index contributed by atoms with van der Waals surface area (Å²) in [5.74, 6) is 1.87. The van der Waals surface area contributed by atoms with Gasteiger partial charge in [-0.2, -0.15) is 11.8 Å². The molecule has 1 heterocycles. The molecule has 12 heavy (non-hydrogen) atoms. The van der Waals surface area contributed by atoms with Crippen LogP contribution in [-0.2, 0) is 4.74 Å². The van der Waals surface area contributed by atoms with E-state index >= 15 is 0 Å². The normalized spacial score (nSPS) is 41.9. The van der Waals surface area contributed by atoms with E-state index in [0.29, 0.717) is 6.00 Å². The molecule has 0 N–H and O–H groups in total. The molecule has 1 fully saturated rings. The number of ether oxygens (including phenoxy) is 1. The van der Waals surface area contributed by atoms with Crippen LogP contribution in [0.5, 0.6) is 0 Å². The van der Waals surface area contributed by atoms with E-state index in [1.54, 1.807) is 0 Å². The molecule has 0 amide bonds. The Balaban J connectivity index is 2.65. The summed E-state index contributed by atoms with van der Waals surface area (Å²) < 4.78 is 6.03. The second-order valence-corrected chi connectivity index (χ2v) is 4.78. The molecule has 0 aromatic carbocycles. The van der Waals surface area contributed by atoms with Crippen molar-refractivity contribution in [2.45, 2.75) is 38.3 Å². The zero-order valence-electron chi connectivity index (χ0n) is 8.59. The third-order valence-corrected chi connectivity index (χ3v) is 3.78. The monoisotopic (exact) mass is 186 g/mol. The van der Waals surface area contributed by atoms with Gasteiger partial charge >= 0.3 is 0 Å². The van der Waals surface area contributed by atoms with Gasteiger partial charge in [-0.05, 0) is 25.0 Å². The van der Waals surface area contributed by atoms with E-state index in [0.717, 1.165) is 18.1 Å². The Hall–Kier alpha value is 0.375. The minimum absolute atomic E-state index is 0.179. The van der Waals surface area contributed by atoms with Gasteiger partial charge in [0.25, 0.3) is 0 Å². The lowest BCUT2D eigenvalue weighted by Gasteiger charge is -2.31. The van der Waals surface area contributed by atoms with Gasteiger partial charge in [0.15, 0.2) is 0 Å². The van der Waals surface area contributed by atoms with Crippen molar-refractivity contribution in [2.24, 2.45) is 5.92 Å². The second-order valence-electron chi connectivity index (χ2n) is 3.92. The smallest absolute Gasteiger partial charge is 0.139 e. The highest BCUT2D eigenvalue weighted by Crippen LogP contribution is 2.39. The van der Waals surface area contributed by atoms with Crippen LogP contribution in [0.25, 0.3) is 0 Å². The number of thioether (sulfide) groups is 1. The first-order chi connectivity index (χ1) is 5.64. The molecular weight excluding hydrogens is 167 g/mol. The highest BCUT2D eigenvalue weighted by Gasteiger charge is 2.42. The van der Waals surface area contributed by atoms with Crippen LogP contribution in [0.2, 0.25) is 0 Å². The molecule has 1 nitrogen and oxygen atoms in total. The van der Waals surface area contributed by atoms with Gasteiger partial charge in [0.2, 0.25) is 0 Å². The van der Waals surface area contributed by atoms with Crippen LogP contribution in [0.15, 0.2) is 0 Å². The SMILES string of the molecule is BC1CC(C)C(CC)(CSC)O1. The first-order valence-electron chi connectivity index (χ1n) is 4.81. The summed E-state index contributed by atoms with van der Waals surface area (Å²) in [6, 6.07) is 0.465. The average molecular weight is 186 g/mol. The summed E-state index contributed by atoms with van der Waals surface area (Å²) in [6.45, 7) is 4.56. The van der Waals surface area contributed by atoms with Crippen molar-refractivity contribution in [1.82, 2.24) is 0 Å². The Morgan fingerprint density at radius 2 is 2.33 bits per heavy atom. The zero-order valence-corrected chi connectivity index (χ0v) is 9.41. The first-order valence-corrected chi connectivity index (χ1v) is 6.20. The predicted octanol–water partition coefficient (Wildman–Crippen LogP) is 1.51. The third kappa shape index (κ3) is 1.82. The van der Waals surface area contributed by atoms with E-state index in [4.69, 9.17) is 4.74 Å². The van der Waals surface area contributed by atoms with Crippen LogP contribution in [0.4, 0.5) is 0 Å². The molecule has 1 rings (SSSR count). The topological polar surface area (TPSA) is 9.23 Å². The van der Waals surface area contributed by atoms with E-state index < -0.39 is 0 Å². The maximum absolute atomic E-state index is 6.03. The Labute approximate surface area is 81.0 Å². The fourth-order valence-corrected chi connectivity index (χ4v) is 3.28. The van der Waals surface area contributed by atoms with E-state index in [1.807, 2.05) is 11.8 Å². The van der Waals surface area contributed by atoms with Crippen molar-refractivity contribution in [2.75, 3.05) is 12.0 Å². The van der Waals surface area contributed by atoms with Crippen LogP contribution in [-0.4, -0.2) is 31.5 Å². The largest absolute Gasteiger partial charge is 0.380 e. The van der Waals surface area contributed by atoms with Crippen molar-refractivity contribution >= 4 is 19.6 Å². The summed E-state index contributed by atoms with van der Waals surface area (Å²) in [7, 11) is 2.19. The summed E-state index contributed by atoms with van der Waals surface area (Å²) in [4.78, 5) is 0. The predicted molar refractivity (Wildman–Crippen MR) is 58.6 cm³/mol. The van der Waals surface area contributed by atoms with Gasteiger partial charge in [0.1, 0.15) is 7.85 Å². The second kappa shape index (κ2) is 4.06. The molecular formula is C9H19BOS. The summed E-state index contributed by atoms with van der Waals surface area (Å²) in [6.07, 6.45) is 4.55. The highest BCUT2D eigenvalue weighted by atomic mass is 32.2. The van der Waals surface area contributed by atoms with Crippen molar-refractivity contribution < 1.29 is 4.74 Å². The van der Waals surface area contributed by atoms with Gasteiger partial charge in [0.05, 0.1) is 5.60 Å². The van der Waals surface area contributed by atoms with Gasteiger partial charge in [-0.25, -0.2) is 0 Å². The number of hydrogen-bond donors (Lipinski definition) is 0. The van der Waals surface area contributed by atoms with Gasteiger partial charge in [-0.1, -0.05) is 13.8 Å². The van der Waals surface area contributed by atoms with Crippen molar-refractivity contribution in [3.8, 4) is 0 Å². The molecule has 0 radical (unpaired) electrons. The Morgan fingerprint density at radius 3 is 2.67 bits per heavy atom. The molecule has 0 spiro atoms. The molecule has 0 aliphatic carbocycles. The van der Waals surface area contributed by atoms with Crippen molar-refractivity contribution in [3.63, 3.8) is 0 Å². The van der Waals surface area contributed by atoms with Gasteiger partial charge in [0, 0.05) is 11.8 Å². The van der Waals surface area contributed by atoms with Gasteiger partial charge in [-0.3, -0.25) is 0 Å². The maximum Gasteiger partial charge on any atom is 0.139 e. The quantitative estimate of drug-likeness (QED) is 0.618. The van der Waals surface area contributed by atoms with Gasteiger partial charge in [-0.15, -0.1) is 0 Å². The number of rotatable bonds is 3. The molecule has 0 aromatic heterocycles. The lowest BCUT2D eigenvalue weighted by Crippen LogP contribution is -2.36. The summed E-state index contributed by atoms with van der Waals surface area (Å²) in [5, 5.41) is 0. The van der Waals surface area contributed by atoms with E-state index in [2.05, 4.69) is 27.9 Å². The first kappa shape index (κ1) is 10.5. The van der Waals surface area contributed by atoms with Crippen LogP contribution < -0.4 is 0 Å². The average Bonchev–Trinajstić information content (AvgIpc) is 2.28.